The van der Waals surface area contributed by atoms with Crippen molar-refractivity contribution in [2.75, 3.05) is 14.2 Å². The van der Waals surface area contributed by atoms with Crippen molar-refractivity contribution in [3.8, 4) is 22.9 Å². The highest BCUT2D eigenvalue weighted by atomic mass is 16.5. The van der Waals surface area contributed by atoms with Crippen LogP contribution in [0, 0.1) is 13.8 Å². The van der Waals surface area contributed by atoms with Crippen LogP contribution in [0.15, 0.2) is 47.0 Å². The Balaban J connectivity index is 1.67. The van der Waals surface area contributed by atoms with Crippen LogP contribution in [0.5, 0.6) is 11.5 Å². The van der Waals surface area contributed by atoms with Gasteiger partial charge in [0, 0.05) is 12.6 Å². The van der Waals surface area contributed by atoms with Gasteiger partial charge in [0.1, 0.15) is 11.5 Å². The van der Waals surface area contributed by atoms with Crippen molar-refractivity contribution in [2.24, 2.45) is 0 Å². The molecule has 0 fully saturated rings. The first kappa shape index (κ1) is 21.4. The number of carbonyl (C=O) groups excluding carboxylic acids is 1. The Morgan fingerprint density at radius 1 is 1.20 bits per heavy atom. The van der Waals surface area contributed by atoms with Gasteiger partial charge in [-0.15, -0.1) is 0 Å². The molecule has 0 saturated heterocycles. The van der Waals surface area contributed by atoms with Crippen LogP contribution in [0.4, 0.5) is 0 Å². The molecule has 0 saturated carbocycles. The molecule has 7 heteroatoms. The standard InChI is InChI=1S/C23H27N3O4/c1-6-19(29-20-11-10-15(2)12-16(20)3)23(27)26(4)14-21-24-22(25-30-21)17-8-7-9-18(13-17)28-5/h7-13,19H,6,14H2,1-5H3/t19-/m1/s1. The lowest BCUT2D eigenvalue weighted by molar-refractivity contribution is -0.138. The van der Waals surface area contributed by atoms with Crippen LogP contribution in [0.25, 0.3) is 11.4 Å². The molecule has 3 rings (SSSR count). The molecule has 7 nitrogen and oxygen atoms in total. The van der Waals surface area contributed by atoms with E-state index in [1.54, 1.807) is 19.1 Å². The third-order valence-electron chi connectivity index (χ3n) is 4.79. The minimum absolute atomic E-state index is 0.140. The Morgan fingerprint density at radius 3 is 2.70 bits per heavy atom. The molecule has 158 valence electrons. The summed E-state index contributed by atoms with van der Waals surface area (Å²) < 4.78 is 16.6. The number of likely N-dealkylation sites (N-methyl/N-ethyl adjacent to an activating group) is 1. The molecule has 0 aliphatic rings. The van der Waals surface area contributed by atoms with Gasteiger partial charge in [0.05, 0.1) is 13.7 Å². The molecule has 1 heterocycles. The van der Waals surface area contributed by atoms with E-state index in [0.717, 1.165) is 16.7 Å². The fraction of sp³-hybridized carbons (Fsp3) is 0.348. The van der Waals surface area contributed by atoms with Crippen LogP contribution in [0.3, 0.4) is 0 Å². The number of nitrogens with zero attached hydrogens (tertiary/aromatic N) is 3. The van der Waals surface area contributed by atoms with E-state index in [1.165, 1.54) is 0 Å². The van der Waals surface area contributed by atoms with Crippen LogP contribution < -0.4 is 9.47 Å². The molecule has 0 aliphatic heterocycles. The van der Waals surface area contributed by atoms with Crippen LogP contribution in [-0.4, -0.2) is 41.2 Å². The van der Waals surface area contributed by atoms with Crippen LogP contribution in [-0.2, 0) is 11.3 Å². The first-order valence-electron chi connectivity index (χ1n) is 9.87. The van der Waals surface area contributed by atoms with Crippen LogP contribution in [0.2, 0.25) is 0 Å². The van der Waals surface area contributed by atoms with Crippen molar-refractivity contribution in [1.29, 1.82) is 0 Å². The summed E-state index contributed by atoms with van der Waals surface area (Å²) in [6.45, 7) is 6.12. The number of amides is 1. The largest absolute Gasteiger partial charge is 0.497 e. The van der Waals surface area contributed by atoms with E-state index in [-0.39, 0.29) is 12.5 Å². The van der Waals surface area contributed by atoms with Gasteiger partial charge >= 0.3 is 0 Å². The molecular formula is C23H27N3O4. The predicted molar refractivity (Wildman–Crippen MR) is 113 cm³/mol. The fourth-order valence-electron chi connectivity index (χ4n) is 3.12. The second kappa shape index (κ2) is 9.43. The Labute approximate surface area is 176 Å². The molecule has 1 aromatic heterocycles. The minimum atomic E-state index is -0.586. The fourth-order valence-corrected chi connectivity index (χ4v) is 3.12. The third-order valence-corrected chi connectivity index (χ3v) is 4.79. The minimum Gasteiger partial charge on any atom is -0.497 e. The van der Waals surface area contributed by atoms with Gasteiger partial charge in [-0.3, -0.25) is 4.79 Å². The summed E-state index contributed by atoms with van der Waals surface area (Å²) in [5, 5.41) is 4.02. The Hall–Kier alpha value is -3.35. The first-order chi connectivity index (χ1) is 14.4. The normalized spacial score (nSPS) is 11.8. The summed E-state index contributed by atoms with van der Waals surface area (Å²) in [5.74, 6) is 2.08. The topological polar surface area (TPSA) is 77.7 Å². The summed E-state index contributed by atoms with van der Waals surface area (Å²) in [7, 11) is 3.30. The summed E-state index contributed by atoms with van der Waals surface area (Å²) in [6.07, 6.45) is -0.0350. The number of rotatable bonds is 8. The summed E-state index contributed by atoms with van der Waals surface area (Å²) in [6, 6.07) is 13.3. The number of aromatic nitrogens is 2. The smallest absolute Gasteiger partial charge is 0.263 e. The predicted octanol–water partition coefficient (Wildman–Crippen LogP) is 4.18. The molecule has 0 N–H and O–H groups in total. The van der Waals surface area contributed by atoms with E-state index < -0.39 is 6.10 Å². The summed E-state index contributed by atoms with van der Waals surface area (Å²) in [4.78, 5) is 18.9. The number of aryl methyl sites for hydroxylation is 2. The molecule has 0 spiro atoms. The van der Waals surface area contributed by atoms with Crippen molar-refractivity contribution in [1.82, 2.24) is 15.0 Å². The maximum atomic E-state index is 12.9. The van der Waals surface area contributed by atoms with E-state index in [1.807, 2.05) is 63.2 Å². The van der Waals surface area contributed by atoms with Gasteiger partial charge < -0.3 is 18.9 Å². The van der Waals surface area contributed by atoms with Crippen molar-refractivity contribution in [2.45, 2.75) is 39.8 Å². The van der Waals surface area contributed by atoms with Gasteiger partial charge in [0.25, 0.3) is 5.91 Å². The highest BCUT2D eigenvalue weighted by molar-refractivity contribution is 5.81. The highest BCUT2D eigenvalue weighted by Crippen LogP contribution is 2.23. The monoisotopic (exact) mass is 409 g/mol. The van der Waals surface area contributed by atoms with E-state index in [4.69, 9.17) is 14.0 Å². The number of hydrogen-bond donors (Lipinski definition) is 0. The Kier molecular flexibility index (Phi) is 6.72. The molecule has 0 bridgehead atoms. The zero-order chi connectivity index (χ0) is 21.7. The van der Waals surface area contributed by atoms with Crippen LogP contribution in [0.1, 0.15) is 30.4 Å². The van der Waals surface area contributed by atoms with E-state index in [9.17, 15) is 4.79 Å². The lowest BCUT2D eigenvalue weighted by Gasteiger charge is -2.23. The molecule has 0 aliphatic carbocycles. The Morgan fingerprint density at radius 2 is 2.00 bits per heavy atom. The van der Waals surface area contributed by atoms with Gasteiger partial charge in [0.15, 0.2) is 6.10 Å². The molecule has 3 aromatic rings. The molecule has 1 atom stereocenters. The maximum Gasteiger partial charge on any atom is 0.263 e. The number of methoxy groups -OCH3 is 1. The van der Waals surface area contributed by atoms with Gasteiger partial charge in [-0.25, -0.2) is 0 Å². The molecule has 1 amide bonds. The average Bonchev–Trinajstić information content (AvgIpc) is 3.21. The van der Waals surface area contributed by atoms with Crippen molar-refractivity contribution in [3.63, 3.8) is 0 Å². The van der Waals surface area contributed by atoms with Crippen LogP contribution >= 0.6 is 0 Å². The number of carbonyl (C=O) groups is 1. The quantitative estimate of drug-likeness (QED) is 0.555. The molecular weight excluding hydrogens is 382 g/mol. The first-order valence-corrected chi connectivity index (χ1v) is 9.87. The maximum absolute atomic E-state index is 12.9. The lowest BCUT2D eigenvalue weighted by Crippen LogP contribution is -2.39. The SMILES string of the molecule is CC[C@@H](Oc1ccc(C)cc1C)C(=O)N(C)Cc1nc(-c2cccc(OC)c2)no1. The molecule has 2 aromatic carbocycles. The zero-order valence-electron chi connectivity index (χ0n) is 18.0. The van der Waals surface area contributed by atoms with Crippen molar-refractivity contribution < 1.29 is 18.8 Å². The van der Waals surface area contributed by atoms with Crippen molar-refractivity contribution >= 4 is 5.91 Å². The van der Waals surface area contributed by atoms with Gasteiger partial charge in [-0.1, -0.05) is 41.9 Å². The Bertz CT molecular complexity index is 1020. The molecule has 0 radical (unpaired) electrons. The molecule has 0 unspecified atom stereocenters. The zero-order valence-corrected chi connectivity index (χ0v) is 18.0. The van der Waals surface area contributed by atoms with E-state index in [2.05, 4.69) is 10.1 Å². The second-order valence-electron chi connectivity index (χ2n) is 7.22. The van der Waals surface area contributed by atoms with Gasteiger partial charge in [-0.05, 0) is 44.0 Å². The number of hydrogen-bond acceptors (Lipinski definition) is 6. The summed E-state index contributed by atoms with van der Waals surface area (Å²) >= 11 is 0. The lowest BCUT2D eigenvalue weighted by atomic mass is 10.1. The number of benzene rings is 2. The third kappa shape index (κ3) is 4.97. The second-order valence-corrected chi connectivity index (χ2v) is 7.22. The summed E-state index contributed by atoms with van der Waals surface area (Å²) in [5.41, 5.74) is 2.94. The highest BCUT2D eigenvalue weighted by Gasteiger charge is 2.24. The average molecular weight is 409 g/mol. The van der Waals surface area contributed by atoms with E-state index >= 15 is 0 Å². The number of ether oxygens (including phenoxy) is 2. The van der Waals surface area contributed by atoms with Gasteiger partial charge in [0.2, 0.25) is 11.7 Å². The molecule has 30 heavy (non-hydrogen) atoms. The van der Waals surface area contributed by atoms with E-state index in [0.29, 0.717) is 29.6 Å². The van der Waals surface area contributed by atoms with Gasteiger partial charge in [-0.2, -0.15) is 4.98 Å². The van der Waals surface area contributed by atoms with Crippen molar-refractivity contribution in [3.05, 3.63) is 59.5 Å².